The number of amides is 1. The fraction of sp³-hybridized carbons (Fsp3) is 0.0833. The van der Waals surface area contributed by atoms with Gasteiger partial charge >= 0.3 is 0 Å². The molecule has 0 aliphatic heterocycles. The minimum atomic E-state index is -3.78. The van der Waals surface area contributed by atoms with Gasteiger partial charge in [0.15, 0.2) is 0 Å². The lowest BCUT2D eigenvalue weighted by Gasteiger charge is -2.09. The molecule has 0 aliphatic rings. The Morgan fingerprint density at radius 1 is 1.30 bits per heavy atom. The number of anilines is 2. The highest BCUT2D eigenvalue weighted by atomic mass is 32.2. The first-order valence-electron chi connectivity index (χ1n) is 6.10. The topological polar surface area (TPSA) is 161 Å². The summed E-state index contributed by atoms with van der Waals surface area (Å²) in [5.41, 5.74) is 4.74. The van der Waals surface area contributed by atoms with Gasteiger partial charge in [-0.2, -0.15) is 0 Å². The number of nitrogens with one attached hydrogen (secondary N) is 2. The summed E-state index contributed by atoms with van der Waals surface area (Å²) >= 11 is 1.10. The van der Waals surface area contributed by atoms with Gasteiger partial charge in [0.05, 0.1) is 4.90 Å². The highest BCUT2D eigenvalue weighted by Gasteiger charge is 2.16. The van der Waals surface area contributed by atoms with Crippen LogP contribution in [0.5, 0.6) is 0 Å². The maximum absolute atomic E-state index is 11.9. The molecule has 0 aliphatic carbocycles. The van der Waals surface area contributed by atoms with E-state index in [9.17, 15) is 18.0 Å². The lowest BCUT2D eigenvalue weighted by molar-refractivity contribution is 0.0995. The number of primary sulfonamides is 1. The molecule has 0 spiro atoms. The molecule has 0 saturated carbocycles. The summed E-state index contributed by atoms with van der Waals surface area (Å²) in [7, 11) is -3.78. The van der Waals surface area contributed by atoms with Crippen molar-refractivity contribution in [3.63, 3.8) is 0 Å². The molecule has 1 aromatic carbocycles. The number of carbonyl (C=O) groups is 1. The van der Waals surface area contributed by atoms with Crippen LogP contribution in [0.4, 0.5) is 11.6 Å². The van der Waals surface area contributed by atoms with Crippen LogP contribution in [0, 0.1) is 0 Å². The van der Waals surface area contributed by atoms with Crippen LogP contribution in [-0.2, 0) is 10.0 Å². The van der Waals surface area contributed by atoms with E-state index in [1.165, 1.54) is 24.3 Å². The second-order valence-electron chi connectivity index (χ2n) is 4.36. The molecule has 0 bridgehead atoms. The zero-order valence-electron chi connectivity index (χ0n) is 11.9. The maximum Gasteiger partial charge on any atom is 0.266 e. The minimum Gasteiger partial charge on any atom is -0.365 e. The van der Waals surface area contributed by atoms with Crippen LogP contribution in [0.15, 0.2) is 39.0 Å². The molecule has 0 fully saturated rings. The number of benzene rings is 1. The number of aromatic nitrogens is 2. The van der Waals surface area contributed by atoms with E-state index in [0.29, 0.717) is 5.69 Å². The van der Waals surface area contributed by atoms with Crippen molar-refractivity contribution in [3.8, 4) is 0 Å². The number of primary amides is 1. The number of rotatable bonds is 5. The quantitative estimate of drug-likeness (QED) is 0.433. The van der Waals surface area contributed by atoms with Crippen molar-refractivity contribution in [1.29, 1.82) is 0 Å². The van der Waals surface area contributed by atoms with E-state index in [4.69, 9.17) is 10.9 Å². The monoisotopic (exact) mass is 355 g/mol. The first-order chi connectivity index (χ1) is 10.7. The van der Waals surface area contributed by atoms with Crippen LogP contribution < -0.4 is 21.7 Å². The van der Waals surface area contributed by atoms with Crippen LogP contribution >= 0.6 is 11.8 Å². The van der Waals surface area contributed by atoms with Gasteiger partial charge in [0.2, 0.25) is 16.0 Å². The Bertz CT molecular complexity index is 906. The normalized spacial score (nSPS) is 11.2. The molecule has 23 heavy (non-hydrogen) atoms. The van der Waals surface area contributed by atoms with Gasteiger partial charge in [0, 0.05) is 5.69 Å². The number of aromatic amines is 1. The van der Waals surface area contributed by atoms with Crippen LogP contribution in [0.1, 0.15) is 10.4 Å². The Labute approximate surface area is 135 Å². The molecule has 9 nitrogen and oxygen atoms in total. The number of hydrogen-bond donors (Lipinski definition) is 4. The Balaban J connectivity index is 2.36. The molecule has 122 valence electrons. The van der Waals surface area contributed by atoms with Crippen molar-refractivity contribution in [3.05, 3.63) is 40.2 Å². The molecule has 0 unspecified atom stereocenters. The average Bonchev–Trinajstić information content (AvgIpc) is 2.45. The van der Waals surface area contributed by atoms with Crippen molar-refractivity contribution in [2.75, 3.05) is 11.6 Å². The van der Waals surface area contributed by atoms with Gasteiger partial charge in [-0.05, 0) is 30.5 Å². The molecule has 0 atom stereocenters. The Morgan fingerprint density at radius 3 is 2.39 bits per heavy atom. The van der Waals surface area contributed by atoms with Crippen molar-refractivity contribution in [2.24, 2.45) is 10.9 Å². The molecule has 0 radical (unpaired) electrons. The average molecular weight is 355 g/mol. The van der Waals surface area contributed by atoms with E-state index in [1.54, 1.807) is 6.26 Å². The molecule has 1 heterocycles. The lowest BCUT2D eigenvalue weighted by atomic mass is 10.3. The van der Waals surface area contributed by atoms with Crippen molar-refractivity contribution in [2.45, 2.75) is 9.92 Å². The lowest BCUT2D eigenvalue weighted by Crippen LogP contribution is -2.26. The van der Waals surface area contributed by atoms with E-state index < -0.39 is 21.5 Å². The predicted molar refractivity (Wildman–Crippen MR) is 86.3 cm³/mol. The number of thioether (sulfide) groups is 1. The molecule has 2 aromatic rings. The minimum absolute atomic E-state index is 0.0432. The molecule has 11 heteroatoms. The molecule has 6 N–H and O–H groups in total. The standard InChI is InChI=1S/C12H13N5O4S2/c1-22-11-8(9(13)18)10(19)16-12(17-11)15-6-2-4-7(5-3-6)23(14,20)21/h2-5H,1H3,(H2,13,18)(H2,14,20,21)(H2,15,16,17,19). The van der Waals surface area contributed by atoms with E-state index in [0.717, 1.165) is 11.8 Å². The molecule has 2 rings (SSSR count). The third kappa shape index (κ3) is 3.88. The van der Waals surface area contributed by atoms with Gasteiger partial charge in [0.1, 0.15) is 10.6 Å². The van der Waals surface area contributed by atoms with E-state index in [-0.39, 0.29) is 21.4 Å². The number of nitrogens with zero attached hydrogens (tertiary/aromatic N) is 1. The number of nitrogens with two attached hydrogens (primary N) is 2. The van der Waals surface area contributed by atoms with E-state index in [1.807, 2.05) is 0 Å². The van der Waals surface area contributed by atoms with Gasteiger partial charge in [-0.25, -0.2) is 18.5 Å². The molecule has 1 amide bonds. The molecular formula is C12H13N5O4S2. The zero-order chi connectivity index (χ0) is 17.2. The van der Waals surface area contributed by atoms with E-state index in [2.05, 4.69) is 15.3 Å². The molecular weight excluding hydrogens is 342 g/mol. The summed E-state index contributed by atoms with van der Waals surface area (Å²) in [6, 6.07) is 5.53. The van der Waals surface area contributed by atoms with Gasteiger partial charge in [-0.15, -0.1) is 11.8 Å². The zero-order valence-corrected chi connectivity index (χ0v) is 13.5. The SMILES string of the molecule is CSc1nc(Nc2ccc(S(N)(=O)=O)cc2)[nH]c(=O)c1C(N)=O. The van der Waals surface area contributed by atoms with Crippen LogP contribution in [0.25, 0.3) is 0 Å². The Kier molecular flexibility index (Phi) is 4.73. The number of hydrogen-bond acceptors (Lipinski definition) is 7. The first-order valence-corrected chi connectivity index (χ1v) is 8.87. The fourth-order valence-electron chi connectivity index (χ4n) is 1.74. The first kappa shape index (κ1) is 17.0. The molecule has 1 aromatic heterocycles. The number of H-pyrrole nitrogens is 1. The highest BCUT2D eigenvalue weighted by Crippen LogP contribution is 2.19. The summed E-state index contributed by atoms with van der Waals surface area (Å²) in [6.07, 6.45) is 1.65. The maximum atomic E-state index is 11.9. The van der Waals surface area contributed by atoms with Gasteiger partial charge in [-0.1, -0.05) is 0 Å². The smallest absolute Gasteiger partial charge is 0.266 e. The van der Waals surface area contributed by atoms with Crippen LogP contribution in [-0.4, -0.2) is 30.5 Å². The summed E-state index contributed by atoms with van der Waals surface area (Å²) < 4.78 is 22.4. The Hall–Kier alpha value is -2.37. The fourth-order valence-corrected chi connectivity index (χ4v) is 2.84. The van der Waals surface area contributed by atoms with Gasteiger partial charge < -0.3 is 11.1 Å². The summed E-state index contributed by atoms with van der Waals surface area (Å²) in [6.45, 7) is 0. The van der Waals surface area contributed by atoms with Gasteiger partial charge in [-0.3, -0.25) is 14.6 Å². The second-order valence-corrected chi connectivity index (χ2v) is 6.71. The number of carbonyl (C=O) groups excluding carboxylic acids is 1. The summed E-state index contributed by atoms with van der Waals surface area (Å²) in [5.74, 6) is -0.778. The van der Waals surface area contributed by atoms with Crippen molar-refractivity contribution < 1.29 is 13.2 Å². The third-order valence-electron chi connectivity index (χ3n) is 2.77. The highest BCUT2D eigenvalue weighted by molar-refractivity contribution is 7.98. The van der Waals surface area contributed by atoms with Crippen LogP contribution in [0.2, 0.25) is 0 Å². The van der Waals surface area contributed by atoms with Crippen LogP contribution in [0.3, 0.4) is 0 Å². The third-order valence-corrected chi connectivity index (χ3v) is 4.38. The second kappa shape index (κ2) is 6.40. The molecule has 0 saturated heterocycles. The van der Waals surface area contributed by atoms with Crippen molar-refractivity contribution >= 4 is 39.3 Å². The Morgan fingerprint density at radius 2 is 1.91 bits per heavy atom. The van der Waals surface area contributed by atoms with Gasteiger partial charge in [0.25, 0.3) is 11.5 Å². The largest absolute Gasteiger partial charge is 0.365 e. The predicted octanol–water partition coefficient (Wildman–Crippen LogP) is -0.0183. The summed E-state index contributed by atoms with van der Waals surface area (Å²) in [5, 5.41) is 7.99. The van der Waals surface area contributed by atoms with E-state index >= 15 is 0 Å². The number of sulfonamides is 1. The van der Waals surface area contributed by atoms with Crippen molar-refractivity contribution in [1.82, 2.24) is 9.97 Å². The summed E-state index contributed by atoms with van der Waals surface area (Å²) in [4.78, 5) is 29.6.